The molecule has 1 aliphatic rings. The van der Waals surface area contributed by atoms with Gasteiger partial charge in [0.15, 0.2) is 0 Å². The molecule has 1 aliphatic heterocycles. The summed E-state index contributed by atoms with van der Waals surface area (Å²) in [4.78, 5) is 15.0. The number of fused-ring (bicyclic) bond motifs is 1. The van der Waals surface area contributed by atoms with Crippen molar-refractivity contribution in [2.45, 2.75) is 0 Å². The van der Waals surface area contributed by atoms with Gasteiger partial charge in [-0.1, -0.05) is 0 Å². The Morgan fingerprint density at radius 2 is 2.00 bits per heavy atom. The first kappa shape index (κ1) is 10.3. The van der Waals surface area contributed by atoms with E-state index in [-0.39, 0.29) is 11.8 Å². The molecule has 0 saturated carbocycles. The molecular formula is C13H7N3O2. The number of carbonyl (C=O) groups excluding carboxylic acids is 1. The molecule has 5 nitrogen and oxygen atoms in total. The molecule has 1 aromatic heterocycles. The summed E-state index contributed by atoms with van der Waals surface area (Å²) in [7, 11) is 0. The Morgan fingerprint density at radius 3 is 2.61 bits per heavy atom. The van der Waals surface area contributed by atoms with Crippen molar-refractivity contribution in [3.05, 3.63) is 47.2 Å². The van der Waals surface area contributed by atoms with E-state index in [0.29, 0.717) is 22.4 Å². The molecule has 0 unspecified atom stereocenters. The van der Waals surface area contributed by atoms with Gasteiger partial charge in [0.1, 0.15) is 0 Å². The standard InChI is InChI=1S/C13H7N3O2/c14-5-8-1-3-9(4-2-8)16-7-11-10(13(16)18)6-15-12(11)17/h1-4,6-7,18H. The molecule has 0 fully saturated rings. The van der Waals surface area contributed by atoms with E-state index in [1.54, 1.807) is 30.5 Å². The summed E-state index contributed by atoms with van der Waals surface area (Å²) in [6.45, 7) is 0. The Balaban J connectivity index is 2.13. The van der Waals surface area contributed by atoms with Crippen LogP contribution in [0.2, 0.25) is 0 Å². The van der Waals surface area contributed by atoms with Crippen LogP contribution >= 0.6 is 0 Å². The van der Waals surface area contributed by atoms with Gasteiger partial charge in [-0.3, -0.25) is 9.36 Å². The number of nitriles is 1. The van der Waals surface area contributed by atoms with E-state index in [1.165, 1.54) is 10.8 Å². The van der Waals surface area contributed by atoms with Gasteiger partial charge in [-0.05, 0) is 24.3 Å². The highest BCUT2D eigenvalue weighted by Gasteiger charge is 2.23. The molecule has 2 heterocycles. The van der Waals surface area contributed by atoms with E-state index < -0.39 is 0 Å². The lowest BCUT2D eigenvalue weighted by molar-refractivity contribution is 0.101. The number of aliphatic imine (C=N–C) groups is 1. The summed E-state index contributed by atoms with van der Waals surface area (Å²) in [6, 6.07) is 8.72. The number of hydrogen-bond acceptors (Lipinski definition) is 3. The zero-order chi connectivity index (χ0) is 12.7. The monoisotopic (exact) mass is 237 g/mol. The van der Waals surface area contributed by atoms with Crippen LogP contribution in [0.25, 0.3) is 5.69 Å². The van der Waals surface area contributed by atoms with Gasteiger partial charge in [0, 0.05) is 18.1 Å². The minimum Gasteiger partial charge on any atom is -0.494 e. The highest BCUT2D eigenvalue weighted by molar-refractivity contribution is 6.14. The van der Waals surface area contributed by atoms with E-state index in [9.17, 15) is 9.90 Å². The molecule has 3 rings (SSSR count). The first-order valence-corrected chi connectivity index (χ1v) is 5.24. The van der Waals surface area contributed by atoms with Crippen LogP contribution in [-0.4, -0.2) is 21.8 Å². The Hall–Kier alpha value is -2.87. The van der Waals surface area contributed by atoms with Gasteiger partial charge >= 0.3 is 0 Å². The van der Waals surface area contributed by atoms with Crippen molar-refractivity contribution in [2.75, 3.05) is 0 Å². The lowest BCUT2D eigenvalue weighted by Crippen LogP contribution is -1.93. The summed E-state index contributed by atoms with van der Waals surface area (Å²) in [5, 5.41) is 18.7. The van der Waals surface area contributed by atoms with Crippen LogP contribution in [0.15, 0.2) is 35.5 Å². The van der Waals surface area contributed by atoms with Gasteiger partial charge < -0.3 is 5.11 Å². The predicted octanol–water partition coefficient (Wildman–Crippen LogP) is 1.63. The average Bonchev–Trinajstić information content (AvgIpc) is 2.92. The Bertz CT molecular complexity index is 718. The first-order chi connectivity index (χ1) is 8.70. The third-order valence-electron chi connectivity index (χ3n) is 2.83. The molecule has 0 bridgehead atoms. The molecular weight excluding hydrogens is 230 g/mol. The van der Waals surface area contributed by atoms with Gasteiger partial charge in [0.2, 0.25) is 5.88 Å². The minimum atomic E-state index is -0.354. The van der Waals surface area contributed by atoms with E-state index in [0.717, 1.165) is 0 Å². The number of aromatic hydroxyl groups is 1. The second-order valence-electron chi connectivity index (χ2n) is 3.87. The number of rotatable bonds is 1. The molecule has 0 spiro atoms. The maximum atomic E-state index is 11.4. The maximum absolute atomic E-state index is 11.4. The number of benzene rings is 1. The van der Waals surface area contributed by atoms with Crippen molar-refractivity contribution in [1.29, 1.82) is 5.26 Å². The van der Waals surface area contributed by atoms with Crippen LogP contribution in [-0.2, 0) is 0 Å². The largest absolute Gasteiger partial charge is 0.494 e. The lowest BCUT2D eigenvalue weighted by Gasteiger charge is -2.04. The maximum Gasteiger partial charge on any atom is 0.279 e. The van der Waals surface area contributed by atoms with Crippen molar-refractivity contribution in [2.24, 2.45) is 4.99 Å². The summed E-state index contributed by atoms with van der Waals surface area (Å²) in [5.74, 6) is -0.378. The Labute approximate surface area is 102 Å². The topological polar surface area (TPSA) is 78.4 Å². The van der Waals surface area contributed by atoms with Crippen molar-refractivity contribution in [3.63, 3.8) is 0 Å². The van der Waals surface area contributed by atoms with Gasteiger partial charge in [0.25, 0.3) is 5.91 Å². The number of aromatic nitrogens is 1. The second-order valence-corrected chi connectivity index (χ2v) is 3.87. The molecule has 1 amide bonds. The van der Waals surface area contributed by atoms with E-state index in [2.05, 4.69) is 4.99 Å². The number of hydrogen-bond donors (Lipinski definition) is 1. The summed E-state index contributed by atoms with van der Waals surface area (Å²) >= 11 is 0. The Kier molecular flexibility index (Phi) is 2.04. The summed E-state index contributed by atoms with van der Waals surface area (Å²) in [6.07, 6.45) is 2.90. The van der Waals surface area contributed by atoms with E-state index >= 15 is 0 Å². The van der Waals surface area contributed by atoms with E-state index in [1.807, 2.05) is 6.07 Å². The molecule has 0 radical (unpaired) electrons. The SMILES string of the molecule is N#Cc1ccc(-n2cc3c(c2O)C=NC3=O)cc1. The van der Waals surface area contributed by atoms with Gasteiger partial charge in [0.05, 0.1) is 22.8 Å². The smallest absolute Gasteiger partial charge is 0.279 e. The quantitative estimate of drug-likeness (QED) is 0.818. The van der Waals surface area contributed by atoms with Crippen LogP contribution in [0.5, 0.6) is 5.88 Å². The fraction of sp³-hybridized carbons (Fsp3) is 0. The zero-order valence-electron chi connectivity index (χ0n) is 9.16. The van der Waals surface area contributed by atoms with Crippen molar-refractivity contribution in [1.82, 2.24) is 4.57 Å². The number of carbonyl (C=O) groups is 1. The van der Waals surface area contributed by atoms with Crippen molar-refractivity contribution >= 4 is 12.1 Å². The van der Waals surface area contributed by atoms with E-state index in [4.69, 9.17) is 5.26 Å². The van der Waals surface area contributed by atoms with Gasteiger partial charge in [-0.25, -0.2) is 4.99 Å². The first-order valence-electron chi connectivity index (χ1n) is 5.24. The van der Waals surface area contributed by atoms with Crippen LogP contribution in [0.4, 0.5) is 0 Å². The van der Waals surface area contributed by atoms with Crippen LogP contribution in [0.1, 0.15) is 21.5 Å². The Morgan fingerprint density at radius 1 is 1.28 bits per heavy atom. The third-order valence-corrected chi connectivity index (χ3v) is 2.83. The van der Waals surface area contributed by atoms with Crippen molar-refractivity contribution < 1.29 is 9.90 Å². The second kappa shape index (κ2) is 3.57. The molecule has 1 N–H and O–H groups in total. The molecule has 5 heteroatoms. The minimum absolute atomic E-state index is 0.0238. The molecule has 1 aromatic carbocycles. The normalized spacial score (nSPS) is 12.5. The van der Waals surface area contributed by atoms with Crippen LogP contribution in [0, 0.1) is 11.3 Å². The zero-order valence-corrected chi connectivity index (χ0v) is 9.16. The van der Waals surface area contributed by atoms with Gasteiger partial charge in [-0.2, -0.15) is 5.26 Å². The highest BCUT2D eigenvalue weighted by atomic mass is 16.3. The molecule has 2 aromatic rings. The molecule has 86 valence electrons. The molecule has 0 atom stereocenters. The average molecular weight is 237 g/mol. The highest BCUT2D eigenvalue weighted by Crippen LogP contribution is 2.29. The van der Waals surface area contributed by atoms with Crippen LogP contribution in [0.3, 0.4) is 0 Å². The van der Waals surface area contributed by atoms with Gasteiger partial charge in [-0.15, -0.1) is 0 Å². The van der Waals surface area contributed by atoms with Crippen LogP contribution < -0.4 is 0 Å². The summed E-state index contributed by atoms with van der Waals surface area (Å²) < 4.78 is 1.49. The fourth-order valence-electron chi connectivity index (χ4n) is 1.89. The molecule has 0 aliphatic carbocycles. The number of amides is 1. The predicted molar refractivity (Wildman–Crippen MR) is 64.1 cm³/mol. The molecule has 18 heavy (non-hydrogen) atoms. The lowest BCUT2D eigenvalue weighted by atomic mass is 10.2. The van der Waals surface area contributed by atoms with Crippen molar-refractivity contribution in [3.8, 4) is 17.6 Å². The summed E-state index contributed by atoms with van der Waals surface area (Å²) in [5.41, 5.74) is 2.04. The third kappa shape index (κ3) is 1.33. The fourth-order valence-corrected chi connectivity index (χ4v) is 1.89. The number of nitrogens with zero attached hydrogens (tertiary/aromatic N) is 3. The molecule has 0 saturated heterocycles.